The second-order valence-corrected chi connectivity index (χ2v) is 5.50. The summed E-state index contributed by atoms with van der Waals surface area (Å²) in [6.07, 6.45) is 3.40. The third-order valence-corrected chi connectivity index (χ3v) is 4.02. The summed E-state index contributed by atoms with van der Waals surface area (Å²) in [7, 11) is 0. The molecule has 3 atom stereocenters. The Morgan fingerprint density at radius 2 is 2.35 bits per heavy atom. The van der Waals surface area contributed by atoms with Gasteiger partial charge >= 0.3 is 0 Å². The van der Waals surface area contributed by atoms with Crippen LogP contribution < -0.4 is 5.32 Å². The summed E-state index contributed by atoms with van der Waals surface area (Å²) in [5, 5.41) is 7.82. The summed E-state index contributed by atoms with van der Waals surface area (Å²) in [4.78, 5) is 12.4. The van der Waals surface area contributed by atoms with Crippen molar-refractivity contribution in [3.8, 4) is 0 Å². The van der Waals surface area contributed by atoms with Gasteiger partial charge in [0.2, 0.25) is 0 Å². The highest BCUT2D eigenvalue weighted by molar-refractivity contribution is 5.84. The molecule has 3 unspecified atom stereocenters. The molecule has 0 aromatic carbocycles. The van der Waals surface area contributed by atoms with Crippen molar-refractivity contribution >= 4 is 5.78 Å². The van der Waals surface area contributed by atoms with Gasteiger partial charge in [-0.1, -0.05) is 13.8 Å². The molecule has 1 fully saturated rings. The van der Waals surface area contributed by atoms with Crippen LogP contribution in [-0.2, 0) is 16.0 Å². The van der Waals surface area contributed by atoms with Gasteiger partial charge in [-0.15, -0.1) is 0 Å². The van der Waals surface area contributed by atoms with E-state index in [0.717, 1.165) is 18.7 Å². The summed E-state index contributed by atoms with van der Waals surface area (Å²) in [5.74, 6) is 0.187. The molecule has 2 heterocycles. The monoisotopic (exact) mass is 279 g/mol. The SMILES string of the molecule is CCNC1COCC1C(=O)Cc1ccn(C(C)CC)n1. The lowest BCUT2D eigenvalue weighted by molar-refractivity contribution is -0.122. The number of nitrogens with zero attached hydrogens (tertiary/aromatic N) is 2. The van der Waals surface area contributed by atoms with Crippen LogP contribution in [0.25, 0.3) is 0 Å². The molecule has 1 aromatic rings. The van der Waals surface area contributed by atoms with Crippen molar-refractivity contribution in [2.24, 2.45) is 5.92 Å². The number of ketones is 1. The van der Waals surface area contributed by atoms with Gasteiger partial charge in [-0.05, 0) is 26.0 Å². The number of carbonyl (C=O) groups is 1. The van der Waals surface area contributed by atoms with E-state index in [-0.39, 0.29) is 17.7 Å². The summed E-state index contributed by atoms with van der Waals surface area (Å²) in [6.45, 7) is 8.33. The zero-order valence-corrected chi connectivity index (χ0v) is 12.6. The molecule has 0 amide bonds. The Morgan fingerprint density at radius 1 is 1.55 bits per heavy atom. The number of rotatable bonds is 7. The molecular formula is C15H25N3O2. The Labute approximate surface area is 120 Å². The minimum Gasteiger partial charge on any atom is -0.379 e. The van der Waals surface area contributed by atoms with Crippen LogP contribution >= 0.6 is 0 Å². The molecule has 112 valence electrons. The average molecular weight is 279 g/mol. The third-order valence-electron chi connectivity index (χ3n) is 4.02. The number of ether oxygens (including phenoxy) is 1. The van der Waals surface area contributed by atoms with Crippen molar-refractivity contribution in [3.63, 3.8) is 0 Å². The highest BCUT2D eigenvalue weighted by Crippen LogP contribution is 2.17. The molecule has 1 N–H and O–H groups in total. The highest BCUT2D eigenvalue weighted by Gasteiger charge is 2.33. The van der Waals surface area contributed by atoms with Crippen molar-refractivity contribution in [2.45, 2.75) is 45.7 Å². The van der Waals surface area contributed by atoms with Gasteiger partial charge in [-0.3, -0.25) is 9.48 Å². The second-order valence-electron chi connectivity index (χ2n) is 5.50. The Kier molecular flexibility index (Phi) is 5.31. The first-order valence-electron chi connectivity index (χ1n) is 7.53. The normalized spacial score (nSPS) is 23.9. The maximum atomic E-state index is 12.4. The fraction of sp³-hybridized carbons (Fsp3) is 0.733. The molecule has 1 aromatic heterocycles. The number of aromatic nitrogens is 2. The van der Waals surface area contributed by atoms with E-state index in [2.05, 4.69) is 24.3 Å². The van der Waals surface area contributed by atoms with E-state index in [1.807, 2.05) is 23.9 Å². The molecule has 1 aliphatic rings. The smallest absolute Gasteiger partial charge is 0.145 e. The lowest BCUT2D eigenvalue weighted by Gasteiger charge is -2.16. The lowest BCUT2D eigenvalue weighted by Crippen LogP contribution is -2.39. The molecule has 0 saturated carbocycles. The van der Waals surface area contributed by atoms with Crippen LogP contribution in [0.1, 0.15) is 38.9 Å². The molecule has 5 heteroatoms. The van der Waals surface area contributed by atoms with Crippen LogP contribution in [-0.4, -0.2) is 41.4 Å². The van der Waals surface area contributed by atoms with Crippen molar-refractivity contribution in [1.29, 1.82) is 0 Å². The van der Waals surface area contributed by atoms with E-state index < -0.39 is 0 Å². The Balaban J connectivity index is 1.95. The highest BCUT2D eigenvalue weighted by atomic mass is 16.5. The predicted octanol–water partition coefficient (Wildman–Crippen LogP) is 1.59. The third kappa shape index (κ3) is 3.46. The van der Waals surface area contributed by atoms with E-state index in [0.29, 0.717) is 25.7 Å². The van der Waals surface area contributed by atoms with E-state index in [9.17, 15) is 4.79 Å². The van der Waals surface area contributed by atoms with Crippen molar-refractivity contribution in [1.82, 2.24) is 15.1 Å². The molecular weight excluding hydrogens is 254 g/mol. The second kappa shape index (κ2) is 6.99. The summed E-state index contributed by atoms with van der Waals surface area (Å²) in [6, 6.07) is 2.48. The van der Waals surface area contributed by atoms with Gasteiger partial charge in [0.15, 0.2) is 0 Å². The molecule has 0 bridgehead atoms. The quantitative estimate of drug-likeness (QED) is 0.823. The van der Waals surface area contributed by atoms with Gasteiger partial charge in [0, 0.05) is 18.3 Å². The number of hydrogen-bond donors (Lipinski definition) is 1. The standard InChI is InChI=1S/C15H25N3O2/c1-4-11(3)18-7-6-12(17-18)8-15(19)13-9-20-10-14(13)16-5-2/h6-7,11,13-14,16H,4-5,8-10H2,1-3H3. The van der Waals surface area contributed by atoms with Crippen molar-refractivity contribution < 1.29 is 9.53 Å². The zero-order chi connectivity index (χ0) is 14.5. The molecule has 0 aliphatic carbocycles. The molecule has 2 rings (SSSR count). The van der Waals surface area contributed by atoms with E-state index in [1.165, 1.54) is 0 Å². The Hall–Kier alpha value is -1.20. The average Bonchev–Trinajstić information content (AvgIpc) is 3.07. The van der Waals surface area contributed by atoms with Gasteiger partial charge in [0.1, 0.15) is 5.78 Å². The van der Waals surface area contributed by atoms with Crippen LogP contribution in [0.15, 0.2) is 12.3 Å². The van der Waals surface area contributed by atoms with Gasteiger partial charge in [-0.25, -0.2) is 0 Å². The summed E-state index contributed by atoms with van der Waals surface area (Å²) >= 11 is 0. The number of hydrogen-bond acceptors (Lipinski definition) is 4. The molecule has 20 heavy (non-hydrogen) atoms. The van der Waals surface area contributed by atoms with E-state index in [1.54, 1.807) is 0 Å². The number of Topliss-reactive ketones (excluding diaryl/α,β-unsaturated/α-hetero) is 1. The van der Waals surface area contributed by atoms with Crippen LogP contribution in [0.5, 0.6) is 0 Å². The maximum Gasteiger partial charge on any atom is 0.145 e. The summed E-state index contributed by atoms with van der Waals surface area (Å²) in [5.41, 5.74) is 0.859. The minimum absolute atomic E-state index is 0.0382. The van der Waals surface area contributed by atoms with Gasteiger partial charge in [0.05, 0.1) is 31.2 Å². The number of nitrogens with one attached hydrogen (secondary N) is 1. The first-order chi connectivity index (χ1) is 9.65. The van der Waals surface area contributed by atoms with E-state index in [4.69, 9.17) is 4.74 Å². The lowest BCUT2D eigenvalue weighted by atomic mass is 9.95. The van der Waals surface area contributed by atoms with E-state index >= 15 is 0 Å². The topological polar surface area (TPSA) is 56.1 Å². The molecule has 1 aliphatic heterocycles. The van der Waals surface area contributed by atoms with Gasteiger partial charge < -0.3 is 10.1 Å². The Morgan fingerprint density at radius 3 is 3.05 bits per heavy atom. The molecule has 0 spiro atoms. The molecule has 1 saturated heterocycles. The fourth-order valence-electron chi connectivity index (χ4n) is 2.55. The van der Waals surface area contributed by atoms with Crippen LogP contribution in [0.3, 0.4) is 0 Å². The van der Waals surface area contributed by atoms with Gasteiger partial charge in [-0.2, -0.15) is 5.10 Å². The van der Waals surface area contributed by atoms with Gasteiger partial charge in [0.25, 0.3) is 0 Å². The fourth-order valence-corrected chi connectivity index (χ4v) is 2.55. The van der Waals surface area contributed by atoms with Crippen molar-refractivity contribution in [2.75, 3.05) is 19.8 Å². The predicted molar refractivity (Wildman–Crippen MR) is 77.7 cm³/mol. The zero-order valence-electron chi connectivity index (χ0n) is 12.6. The molecule has 5 nitrogen and oxygen atoms in total. The maximum absolute atomic E-state index is 12.4. The first-order valence-corrected chi connectivity index (χ1v) is 7.53. The minimum atomic E-state index is -0.0382. The number of carbonyl (C=O) groups excluding carboxylic acids is 1. The first kappa shape index (κ1) is 15.2. The van der Waals surface area contributed by atoms with Crippen LogP contribution in [0, 0.1) is 5.92 Å². The van der Waals surface area contributed by atoms with Crippen molar-refractivity contribution in [3.05, 3.63) is 18.0 Å². The number of likely N-dealkylation sites (N-methyl/N-ethyl adjacent to an activating group) is 1. The Bertz CT molecular complexity index is 444. The van der Waals surface area contributed by atoms with Crippen LogP contribution in [0.2, 0.25) is 0 Å². The summed E-state index contributed by atoms with van der Waals surface area (Å²) < 4.78 is 7.37. The molecule has 0 radical (unpaired) electrons. The van der Waals surface area contributed by atoms with Crippen LogP contribution in [0.4, 0.5) is 0 Å². The largest absolute Gasteiger partial charge is 0.379 e.